The SMILES string of the molecule is O=C(O)c1cccc(-n2nc3c4ccccc4[nH]cc-3c2=O)c1. The largest absolute Gasteiger partial charge is 0.478 e. The lowest BCUT2D eigenvalue weighted by Gasteiger charge is -2.01. The molecule has 0 saturated carbocycles. The second-order valence-electron chi connectivity index (χ2n) is 5.17. The number of benzene rings is 2. The summed E-state index contributed by atoms with van der Waals surface area (Å²) in [5.74, 6) is -1.05. The fourth-order valence-electron chi connectivity index (χ4n) is 2.65. The highest BCUT2D eigenvalue weighted by atomic mass is 16.4. The predicted molar refractivity (Wildman–Crippen MR) is 85.3 cm³/mol. The van der Waals surface area contributed by atoms with E-state index in [9.17, 15) is 9.59 Å². The fraction of sp³-hybridized carbons (Fsp3) is 0. The van der Waals surface area contributed by atoms with E-state index in [1.807, 2.05) is 24.3 Å². The maximum absolute atomic E-state index is 12.6. The molecule has 0 radical (unpaired) electrons. The average molecular weight is 305 g/mol. The third kappa shape index (κ3) is 2.00. The lowest BCUT2D eigenvalue weighted by molar-refractivity contribution is 0.0697. The zero-order valence-corrected chi connectivity index (χ0v) is 11.9. The number of aromatic amines is 1. The van der Waals surface area contributed by atoms with Gasteiger partial charge in [-0.15, -0.1) is 0 Å². The molecular weight excluding hydrogens is 294 g/mol. The average Bonchev–Trinajstić information content (AvgIpc) is 2.92. The summed E-state index contributed by atoms with van der Waals surface area (Å²) < 4.78 is 1.23. The summed E-state index contributed by atoms with van der Waals surface area (Å²) >= 11 is 0. The van der Waals surface area contributed by atoms with Gasteiger partial charge in [0.2, 0.25) is 0 Å². The standard InChI is InChI=1S/C17H11N3O3/c21-16-13-9-18-14-7-2-1-6-12(14)15(13)19-20(16)11-5-3-4-10(8-11)17(22)23/h1-9,18H,(H,22,23). The Bertz CT molecular complexity index is 1080. The summed E-state index contributed by atoms with van der Waals surface area (Å²) in [6.07, 6.45) is 1.63. The Morgan fingerprint density at radius 1 is 1.13 bits per heavy atom. The molecule has 0 amide bonds. The van der Waals surface area contributed by atoms with Crippen molar-refractivity contribution >= 4 is 16.9 Å². The van der Waals surface area contributed by atoms with E-state index in [0.717, 1.165) is 10.9 Å². The Morgan fingerprint density at radius 2 is 1.96 bits per heavy atom. The number of H-pyrrole nitrogens is 1. The van der Waals surface area contributed by atoms with Gasteiger partial charge in [0.05, 0.1) is 16.8 Å². The van der Waals surface area contributed by atoms with Crippen LogP contribution in [0.25, 0.3) is 27.8 Å². The van der Waals surface area contributed by atoms with Crippen molar-refractivity contribution in [2.45, 2.75) is 0 Å². The zero-order valence-electron chi connectivity index (χ0n) is 11.9. The van der Waals surface area contributed by atoms with E-state index in [1.165, 1.54) is 16.8 Å². The number of fused-ring (bicyclic) bond motifs is 3. The van der Waals surface area contributed by atoms with Gasteiger partial charge in [-0.05, 0) is 24.3 Å². The molecule has 0 fully saturated rings. The Labute approximate surface area is 130 Å². The molecule has 0 aliphatic carbocycles. The van der Waals surface area contributed by atoms with Crippen molar-refractivity contribution < 1.29 is 9.90 Å². The number of carbonyl (C=O) groups is 1. The van der Waals surface area contributed by atoms with Crippen LogP contribution < -0.4 is 5.56 Å². The quantitative estimate of drug-likeness (QED) is 0.595. The Kier molecular flexibility index (Phi) is 2.77. The van der Waals surface area contributed by atoms with Crippen molar-refractivity contribution in [3.05, 3.63) is 70.6 Å². The van der Waals surface area contributed by atoms with Crippen molar-refractivity contribution in [3.8, 4) is 16.9 Å². The number of nitrogens with zero attached hydrogens (tertiary/aromatic N) is 2. The minimum absolute atomic E-state index is 0.109. The van der Waals surface area contributed by atoms with Gasteiger partial charge in [-0.3, -0.25) is 4.79 Å². The van der Waals surface area contributed by atoms with E-state index in [0.29, 0.717) is 16.9 Å². The van der Waals surface area contributed by atoms with Crippen molar-refractivity contribution in [2.24, 2.45) is 0 Å². The highest BCUT2D eigenvalue weighted by molar-refractivity contribution is 5.93. The van der Waals surface area contributed by atoms with E-state index in [-0.39, 0.29) is 11.1 Å². The topological polar surface area (TPSA) is 88.0 Å². The van der Waals surface area contributed by atoms with Gasteiger partial charge >= 0.3 is 5.97 Å². The molecule has 6 heteroatoms. The maximum atomic E-state index is 12.6. The zero-order chi connectivity index (χ0) is 16.0. The first-order valence-corrected chi connectivity index (χ1v) is 6.98. The predicted octanol–water partition coefficient (Wildman–Crippen LogP) is 2.52. The Balaban J connectivity index is 2.02. The maximum Gasteiger partial charge on any atom is 0.335 e. The van der Waals surface area contributed by atoms with Crippen molar-refractivity contribution in [3.63, 3.8) is 0 Å². The van der Waals surface area contributed by atoms with Gasteiger partial charge in [0.15, 0.2) is 0 Å². The normalized spacial score (nSPS) is 11.1. The molecule has 0 atom stereocenters. The van der Waals surface area contributed by atoms with E-state index < -0.39 is 5.97 Å². The molecule has 2 aliphatic rings. The minimum atomic E-state index is -1.05. The van der Waals surface area contributed by atoms with Crippen molar-refractivity contribution in [1.82, 2.24) is 14.8 Å². The molecule has 2 aromatic rings. The molecule has 4 rings (SSSR count). The second kappa shape index (κ2) is 4.81. The summed E-state index contributed by atoms with van der Waals surface area (Å²) in [4.78, 5) is 26.8. The van der Waals surface area contributed by atoms with Crippen LogP contribution in [0.15, 0.2) is 59.5 Å². The monoisotopic (exact) mass is 305 g/mol. The smallest absolute Gasteiger partial charge is 0.335 e. The minimum Gasteiger partial charge on any atom is -0.478 e. The molecule has 2 aromatic carbocycles. The number of pyridine rings is 1. The molecule has 0 saturated heterocycles. The lowest BCUT2D eigenvalue weighted by Crippen LogP contribution is -2.15. The van der Waals surface area contributed by atoms with Crippen LogP contribution in [-0.4, -0.2) is 25.8 Å². The van der Waals surface area contributed by atoms with Crippen LogP contribution >= 0.6 is 0 Å². The number of carboxylic acid groups (broad SMARTS) is 1. The molecule has 112 valence electrons. The fourth-order valence-corrected chi connectivity index (χ4v) is 2.65. The first-order valence-electron chi connectivity index (χ1n) is 6.98. The summed E-state index contributed by atoms with van der Waals surface area (Å²) in [6.45, 7) is 0. The van der Waals surface area contributed by atoms with E-state index in [4.69, 9.17) is 5.11 Å². The van der Waals surface area contributed by atoms with Crippen LogP contribution in [0.4, 0.5) is 0 Å². The number of aromatic carboxylic acids is 1. The van der Waals surface area contributed by atoms with Gasteiger partial charge in [-0.1, -0.05) is 24.3 Å². The lowest BCUT2D eigenvalue weighted by atomic mass is 10.1. The first kappa shape index (κ1) is 13.3. The van der Waals surface area contributed by atoms with Crippen LogP contribution in [0, 0.1) is 0 Å². The molecule has 0 bridgehead atoms. The van der Waals surface area contributed by atoms with E-state index >= 15 is 0 Å². The molecule has 2 N–H and O–H groups in total. The van der Waals surface area contributed by atoms with Crippen LogP contribution in [0.3, 0.4) is 0 Å². The summed E-state index contributed by atoms with van der Waals surface area (Å²) in [5, 5.41) is 14.3. The number of hydrogen-bond donors (Lipinski definition) is 2. The van der Waals surface area contributed by atoms with Crippen molar-refractivity contribution in [1.29, 1.82) is 0 Å². The number of nitrogens with one attached hydrogen (secondary N) is 1. The van der Waals surface area contributed by atoms with Gasteiger partial charge in [-0.25, -0.2) is 4.79 Å². The number of para-hydroxylation sites is 1. The third-order valence-corrected chi connectivity index (χ3v) is 3.77. The molecular formula is C17H11N3O3. The van der Waals surface area contributed by atoms with Gasteiger partial charge in [0, 0.05) is 17.1 Å². The number of carboxylic acids is 1. The summed E-state index contributed by atoms with van der Waals surface area (Å²) in [7, 11) is 0. The van der Waals surface area contributed by atoms with Crippen LogP contribution in [0.5, 0.6) is 0 Å². The molecule has 6 nitrogen and oxygen atoms in total. The first-order chi connectivity index (χ1) is 11.1. The third-order valence-electron chi connectivity index (χ3n) is 3.77. The van der Waals surface area contributed by atoms with Crippen LogP contribution in [-0.2, 0) is 0 Å². The van der Waals surface area contributed by atoms with Crippen molar-refractivity contribution in [2.75, 3.05) is 0 Å². The molecule has 23 heavy (non-hydrogen) atoms. The Morgan fingerprint density at radius 3 is 2.78 bits per heavy atom. The Hall–Kier alpha value is -3.41. The highest BCUT2D eigenvalue weighted by Gasteiger charge is 2.19. The molecule has 0 aromatic heterocycles. The van der Waals surface area contributed by atoms with Gasteiger partial charge in [0.25, 0.3) is 5.56 Å². The van der Waals surface area contributed by atoms with Crippen LogP contribution in [0.2, 0.25) is 0 Å². The molecule has 0 unspecified atom stereocenters. The molecule has 2 heterocycles. The highest BCUT2D eigenvalue weighted by Crippen LogP contribution is 2.25. The number of rotatable bonds is 2. The van der Waals surface area contributed by atoms with E-state index in [2.05, 4.69) is 10.1 Å². The molecule has 0 spiro atoms. The summed E-state index contributed by atoms with van der Waals surface area (Å²) in [5.41, 5.74) is 2.18. The van der Waals surface area contributed by atoms with Gasteiger partial charge in [-0.2, -0.15) is 9.78 Å². The number of aromatic nitrogens is 3. The van der Waals surface area contributed by atoms with E-state index in [1.54, 1.807) is 18.3 Å². The van der Waals surface area contributed by atoms with Gasteiger partial charge in [0.1, 0.15) is 5.69 Å². The number of hydrogen-bond acceptors (Lipinski definition) is 3. The van der Waals surface area contributed by atoms with Crippen LogP contribution in [0.1, 0.15) is 10.4 Å². The van der Waals surface area contributed by atoms with Gasteiger partial charge < -0.3 is 10.1 Å². The second-order valence-corrected chi connectivity index (χ2v) is 5.17. The molecule has 2 aliphatic heterocycles. The summed E-state index contributed by atoms with van der Waals surface area (Å²) in [6, 6.07) is 13.7.